The minimum Gasteiger partial charge on any atom is -0.511 e. The molecule has 0 saturated heterocycles. The average Bonchev–Trinajstić information content (AvgIpc) is 2.99. The minimum atomic E-state index is -1.08. The third-order valence-corrected chi connectivity index (χ3v) is 7.81. The van der Waals surface area contributed by atoms with Gasteiger partial charge in [0.2, 0.25) is 11.8 Å². The quantitative estimate of drug-likeness (QED) is 0.123. The van der Waals surface area contributed by atoms with Crippen LogP contribution < -0.4 is 16.1 Å². The average molecular weight is 604 g/mol. The van der Waals surface area contributed by atoms with Crippen molar-refractivity contribution in [3.8, 4) is 0 Å². The molecule has 1 aromatic carbocycles. The Kier molecular flexibility index (Phi) is 12.6. The predicted octanol–water partition coefficient (Wildman–Crippen LogP) is 5.41. The molecule has 3 amide bonds. The highest BCUT2D eigenvalue weighted by Crippen LogP contribution is 2.30. The molecule has 2 aromatic rings. The molecule has 3 unspecified atom stereocenters. The lowest BCUT2D eigenvalue weighted by atomic mass is 9.82. The fourth-order valence-electron chi connectivity index (χ4n) is 4.39. The molecule has 1 heterocycles. The van der Waals surface area contributed by atoms with Gasteiger partial charge in [0.15, 0.2) is 0 Å². The molecule has 44 heavy (non-hydrogen) atoms. The summed E-state index contributed by atoms with van der Waals surface area (Å²) in [5.74, 6) is -1.65. The molecule has 4 N–H and O–H groups in total. The number of aromatic nitrogens is 1. The molecule has 0 aliphatic heterocycles. The summed E-state index contributed by atoms with van der Waals surface area (Å²) in [5, 5.41) is 18.6. The molecule has 9 heteroatoms. The van der Waals surface area contributed by atoms with Gasteiger partial charge in [0, 0.05) is 18.1 Å². The van der Waals surface area contributed by atoms with Crippen LogP contribution in [0.4, 0.5) is 0 Å². The van der Waals surface area contributed by atoms with Crippen LogP contribution >= 0.6 is 0 Å². The zero-order valence-corrected chi connectivity index (χ0v) is 27.5. The molecule has 3 atom stereocenters. The summed E-state index contributed by atoms with van der Waals surface area (Å²) in [6.07, 6.45) is 6.23. The molecule has 0 aliphatic carbocycles. The molecular weight excluding hydrogens is 554 g/mol. The number of likely N-dealkylation sites (N-methyl/N-ethyl adjacent to an activating group) is 1. The zero-order chi connectivity index (χ0) is 33.4. The van der Waals surface area contributed by atoms with Crippen molar-refractivity contribution in [2.24, 2.45) is 11.3 Å². The molecule has 238 valence electrons. The number of rotatable bonds is 15. The fraction of sp³-hybridized carbons (Fsp3) is 0.429. The highest BCUT2D eigenvalue weighted by molar-refractivity contribution is 5.94. The molecule has 9 nitrogen and oxygen atoms in total. The Bertz CT molecular complexity index is 1440. The van der Waals surface area contributed by atoms with E-state index in [1.807, 2.05) is 26.1 Å². The Hall–Kier alpha value is -4.24. The Balaban J connectivity index is 2.21. The molecular formula is C35H49N5O4. The van der Waals surface area contributed by atoms with Crippen LogP contribution in [0.1, 0.15) is 66.6 Å². The number of amides is 3. The standard InChI is InChI=1S/C35H49N5O4/c1-12-26-15-16-28-20-36-30(19-29(28)18-26)27(13-2)17-22(6)35(10,11)34(44)38-31(21(4)5)32(42)37-24(8)33(43)40(14-3)39-23(7)25(9)41/h13,15-21,23-24,31,39,41H,2,6,9,12,14H2,1,3-5,7-8,10-11H3,(H,37,42)(H,38,44)/b27-17+. The van der Waals surface area contributed by atoms with E-state index in [-0.39, 0.29) is 17.6 Å². The van der Waals surface area contributed by atoms with Gasteiger partial charge in [-0.3, -0.25) is 24.4 Å². The first-order valence-corrected chi connectivity index (χ1v) is 15.1. The number of aliphatic hydroxyl groups is 1. The number of nitrogens with one attached hydrogen (secondary N) is 3. The molecule has 0 fully saturated rings. The summed E-state index contributed by atoms with van der Waals surface area (Å²) in [6, 6.07) is 5.94. The number of hydrazine groups is 1. The second-order valence-corrected chi connectivity index (χ2v) is 11.9. The smallest absolute Gasteiger partial charge is 0.258 e. The van der Waals surface area contributed by atoms with Crippen molar-refractivity contribution in [1.29, 1.82) is 0 Å². The van der Waals surface area contributed by atoms with E-state index >= 15 is 0 Å². The van der Waals surface area contributed by atoms with E-state index in [1.165, 1.54) is 10.6 Å². The van der Waals surface area contributed by atoms with Gasteiger partial charge in [-0.25, -0.2) is 5.43 Å². The molecule has 0 saturated carbocycles. The van der Waals surface area contributed by atoms with Crippen molar-refractivity contribution in [2.45, 2.75) is 79.9 Å². The molecule has 2 rings (SSSR count). The van der Waals surface area contributed by atoms with E-state index in [1.54, 1.807) is 46.8 Å². The van der Waals surface area contributed by atoms with Crippen LogP contribution in [0.2, 0.25) is 0 Å². The van der Waals surface area contributed by atoms with Gasteiger partial charge in [-0.05, 0) is 81.2 Å². The van der Waals surface area contributed by atoms with Crippen LogP contribution in [-0.4, -0.2) is 57.5 Å². The highest BCUT2D eigenvalue weighted by atomic mass is 16.3. The van der Waals surface area contributed by atoms with Crippen LogP contribution in [0.15, 0.2) is 73.7 Å². The van der Waals surface area contributed by atoms with Crippen molar-refractivity contribution in [1.82, 2.24) is 26.1 Å². The number of carbonyl (C=O) groups is 3. The SMILES string of the molecule is C=C/C(=C\C(=C)C(C)(C)C(=O)NC(C(=O)NC(C)C(=O)N(CC)NC(C)C(=C)O)C(C)C)c1cc2cc(CC)ccc2cn1. The highest BCUT2D eigenvalue weighted by Gasteiger charge is 2.35. The van der Waals surface area contributed by atoms with Gasteiger partial charge in [0.05, 0.1) is 17.2 Å². The largest absolute Gasteiger partial charge is 0.511 e. The maximum atomic E-state index is 13.6. The lowest BCUT2D eigenvalue weighted by molar-refractivity contribution is -0.140. The Morgan fingerprint density at radius 3 is 2.23 bits per heavy atom. The number of allylic oxidation sites excluding steroid dienone is 3. The summed E-state index contributed by atoms with van der Waals surface area (Å²) >= 11 is 0. The van der Waals surface area contributed by atoms with Crippen molar-refractivity contribution < 1.29 is 19.5 Å². The Labute approximate surface area is 262 Å². The monoisotopic (exact) mass is 603 g/mol. The van der Waals surface area contributed by atoms with Gasteiger partial charge in [0.1, 0.15) is 17.8 Å². The molecule has 0 spiro atoms. The first-order chi connectivity index (χ1) is 20.6. The molecule has 0 radical (unpaired) electrons. The summed E-state index contributed by atoms with van der Waals surface area (Å²) in [7, 11) is 0. The van der Waals surface area contributed by atoms with Crippen LogP contribution in [0.3, 0.4) is 0 Å². The number of pyridine rings is 1. The number of aliphatic hydroxyl groups excluding tert-OH is 1. The number of benzene rings is 1. The van der Waals surface area contributed by atoms with Crippen molar-refractivity contribution in [3.05, 3.63) is 84.9 Å². The first-order valence-electron chi connectivity index (χ1n) is 15.1. The number of aryl methyl sites for hydroxylation is 1. The van der Waals surface area contributed by atoms with Gasteiger partial charge in [-0.2, -0.15) is 0 Å². The van der Waals surface area contributed by atoms with Gasteiger partial charge in [-0.15, -0.1) is 0 Å². The van der Waals surface area contributed by atoms with E-state index in [9.17, 15) is 19.5 Å². The summed E-state index contributed by atoms with van der Waals surface area (Å²) in [5.41, 5.74) is 4.97. The number of carbonyl (C=O) groups excluding carboxylic acids is 3. The van der Waals surface area contributed by atoms with Crippen LogP contribution in [-0.2, 0) is 20.8 Å². The van der Waals surface area contributed by atoms with Crippen LogP contribution in [0, 0.1) is 11.3 Å². The summed E-state index contributed by atoms with van der Waals surface area (Å²) < 4.78 is 0. The topological polar surface area (TPSA) is 124 Å². The van der Waals surface area contributed by atoms with E-state index in [0.717, 1.165) is 22.8 Å². The van der Waals surface area contributed by atoms with Crippen molar-refractivity contribution >= 4 is 34.1 Å². The van der Waals surface area contributed by atoms with E-state index in [2.05, 4.69) is 65.9 Å². The van der Waals surface area contributed by atoms with Crippen LogP contribution in [0.25, 0.3) is 16.3 Å². The lowest BCUT2D eigenvalue weighted by Gasteiger charge is -2.31. The Morgan fingerprint density at radius 1 is 1.02 bits per heavy atom. The number of hydrogen-bond donors (Lipinski definition) is 4. The maximum Gasteiger partial charge on any atom is 0.258 e. The van der Waals surface area contributed by atoms with E-state index in [4.69, 9.17) is 0 Å². The normalized spacial score (nSPS) is 14.0. The van der Waals surface area contributed by atoms with Crippen LogP contribution in [0.5, 0.6) is 0 Å². The summed E-state index contributed by atoms with van der Waals surface area (Å²) in [6.45, 7) is 26.1. The first kappa shape index (κ1) is 36.0. The second-order valence-electron chi connectivity index (χ2n) is 11.9. The number of hydrogen-bond acceptors (Lipinski definition) is 6. The van der Waals surface area contributed by atoms with E-state index < -0.39 is 35.4 Å². The van der Waals surface area contributed by atoms with Gasteiger partial charge in [0.25, 0.3) is 5.91 Å². The lowest BCUT2D eigenvalue weighted by Crippen LogP contribution is -2.58. The molecule has 0 aliphatic rings. The van der Waals surface area contributed by atoms with Gasteiger partial charge >= 0.3 is 0 Å². The molecule has 1 aromatic heterocycles. The Morgan fingerprint density at radius 2 is 1.68 bits per heavy atom. The third kappa shape index (κ3) is 8.89. The molecule has 0 bridgehead atoms. The number of fused-ring (bicyclic) bond motifs is 1. The fourth-order valence-corrected chi connectivity index (χ4v) is 4.39. The van der Waals surface area contributed by atoms with Crippen molar-refractivity contribution in [2.75, 3.05) is 6.54 Å². The van der Waals surface area contributed by atoms with Crippen molar-refractivity contribution in [3.63, 3.8) is 0 Å². The predicted molar refractivity (Wildman–Crippen MR) is 178 cm³/mol. The number of nitrogens with zero attached hydrogens (tertiary/aromatic N) is 2. The maximum absolute atomic E-state index is 13.6. The van der Waals surface area contributed by atoms with E-state index in [0.29, 0.717) is 17.8 Å². The van der Waals surface area contributed by atoms with Gasteiger partial charge in [-0.1, -0.05) is 64.8 Å². The third-order valence-electron chi connectivity index (χ3n) is 7.81. The minimum absolute atomic E-state index is 0.117. The summed E-state index contributed by atoms with van der Waals surface area (Å²) in [4.78, 5) is 44.5. The second kappa shape index (κ2) is 15.5. The zero-order valence-electron chi connectivity index (χ0n) is 27.5. The van der Waals surface area contributed by atoms with Gasteiger partial charge < -0.3 is 15.7 Å².